The van der Waals surface area contributed by atoms with Gasteiger partial charge in [-0.3, -0.25) is 14.9 Å². The number of carbonyl (C=O) groups excluding carboxylic acids is 1. The maximum Gasteiger partial charge on any atom is 0.324 e. The average molecular weight is 357 g/mol. The molecule has 0 saturated carbocycles. The highest BCUT2D eigenvalue weighted by atomic mass is 32.1. The van der Waals surface area contributed by atoms with Crippen molar-refractivity contribution in [2.45, 2.75) is 13.5 Å². The SMILES string of the molecule is C#CCn1c(=NC(=O)c2ccc([N+](=O)[O-])s2)sc2cccc(C)c21. The Morgan fingerprint density at radius 3 is 2.83 bits per heavy atom. The minimum Gasteiger partial charge on any atom is -0.304 e. The number of aryl methyl sites for hydroxylation is 1. The standard InChI is InChI=1S/C16H11N3O3S2/c1-3-9-18-14-10(2)5-4-6-11(14)24-16(18)17-15(20)12-7-8-13(23-12)19(21)22/h1,4-8H,9H2,2H3. The molecule has 0 saturated heterocycles. The Labute approximate surface area is 144 Å². The minimum atomic E-state index is -0.525. The summed E-state index contributed by atoms with van der Waals surface area (Å²) in [5.41, 5.74) is 1.99. The van der Waals surface area contributed by atoms with E-state index in [0.717, 1.165) is 27.1 Å². The lowest BCUT2D eigenvalue weighted by atomic mass is 10.2. The van der Waals surface area contributed by atoms with Gasteiger partial charge in [-0.15, -0.1) is 6.42 Å². The summed E-state index contributed by atoms with van der Waals surface area (Å²) in [7, 11) is 0. The number of para-hydroxylation sites is 1. The third-order valence-corrected chi connectivity index (χ3v) is 5.40. The molecule has 2 heterocycles. The molecule has 0 N–H and O–H groups in total. The van der Waals surface area contributed by atoms with E-state index in [4.69, 9.17) is 6.42 Å². The second-order valence-electron chi connectivity index (χ2n) is 4.91. The molecule has 120 valence electrons. The molecule has 0 radical (unpaired) electrons. The second-order valence-corrected chi connectivity index (χ2v) is 6.98. The molecule has 3 rings (SSSR count). The molecule has 1 amide bonds. The first-order valence-corrected chi connectivity index (χ1v) is 8.50. The third kappa shape index (κ3) is 2.87. The molecule has 0 atom stereocenters. The highest BCUT2D eigenvalue weighted by Gasteiger charge is 2.16. The third-order valence-electron chi connectivity index (χ3n) is 3.33. The highest BCUT2D eigenvalue weighted by molar-refractivity contribution is 7.17. The number of terminal acetylenes is 1. The first-order chi connectivity index (χ1) is 11.5. The number of carbonyl (C=O) groups is 1. The molecule has 0 bridgehead atoms. The number of rotatable bonds is 3. The Kier molecular flexibility index (Phi) is 4.29. The van der Waals surface area contributed by atoms with Gasteiger partial charge < -0.3 is 4.57 Å². The van der Waals surface area contributed by atoms with Crippen molar-refractivity contribution in [2.75, 3.05) is 0 Å². The van der Waals surface area contributed by atoms with Crippen LogP contribution in [0.3, 0.4) is 0 Å². The van der Waals surface area contributed by atoms with E-state index in [2.05, 4.69) is 10.9 Å². The van der Waals surface area contributed by atoms with Crippen molar-refractivity contribution in [3.8, 4) is 12.3 Å². The van der Waals surface area contributed by atoms with E-state index in [1.807, 2.05) is 29.7 Å². The van der Waals surface area contributed by atoms with Crippen LogP contribution in [0.15, 0.2) is 35.3 Å². The smallest absolute Gasteiger partial charge is 0.304 e. The zero-order valence-corrected chi connectivity index (χ0v) is 14.2. The van der Waals surface area contributed by atoms with E-state index in [1.54, 1.807) is 0 Å². The summed E-state index contributed by atoms with van der Waals surface area (Å²) in [6, 6.07) is 8.56. The van der Waals surface area contributed by atoms with Crippen LogP contribution in [0.4, 0.5) is 5.00 Å². The quantitative estimate of drug-likeness (QED) is 0.410. The van der Waals surface area contributed by atoms with Crippen molar-refractivity contribution in [2.24, 2.45) is 4.99 Å². The number of nitro groups is 1. The predicted molar refractivity (Wildman–Crippen MR) is 94.3 cm³/mol. The molecule has 0 spiro atoms. The number of nitrogens with zero attached hydrogens (tertiary/aromatic N) is 3. The van der Waals surface area contributed by atoms with Crippen molar-refractivity contribution in [1.82, 2.24) is 4.57 Å². The number of hydrogen-bond donors (Lipinski definition) is 0. The maximum absolute atomic E-state index is 12.3. The summed E-state index contributed by atoms with van der Waals surface area (Å²) in [6.45, 7) is 2.26. The van der Waals surface area contributed by atoms with Crippen LogP contribution in [-0.4, -0.2) is 15.4 Å². The van der Waals surface area contributed by atoms with Gasteiger partial charge in [-0.2, -0.15) is 4.99 Å². The van der Waals surface area contributed by atoms with Crippen LogP contribution in [0, 0.1) is 29.4 Å². The number of amides is 1. The normalized spacial score (nSPS) is 11.6. The molecular weight excluding hydrogens is 346 g/mol. The number of benzene rings is 1. The molecule has 0 fully saturated rings. The minimum absolute atomic E-state index is 0.0859. The number of thiazole rings is 1. The van der Waals surface area contributed by atoms with Crippen LogP contribution in [-0.2, 0) is 6.54 Å². The summed E-state index contributed by atoms with van der Waals surface area (Å²) in [4.78, 5) is 27.4. The van der Waals surface area contributed by atoms with E-state index < -0.39 is 10.8 Å². The summed E-state index contributed by atoms with van der Waals surface area (Å²) in [6.07, 6.45) is 5.44. The van der Waals surface area contributed by atoms with Gasteiger partial charge in [0.1, 0.15) is 4.88 Å². The van der Waals surface area contributed by atoms with Crippen LogP contribution in [0.1, 0.15) is 15.2 Å². The van der Waals surface area contributed by atoms with Crippen molar-refractivity contribution < 1.29 is 9.72 Å². The number of thiophene rings is 1. The van der Waals surface area contributed by atoms with Crippen molar-refractivity contribution in [1.29, 1.82) is 0 Å². The molecule has 0 aliphatic rings. The van der Waals surface area contributed by atoms with E-state index >= 15 is 0 Å². The summed E-state index contributed by atoms with van der Waals surface area (Å²) < 4.78 is 2.80. The van der Waals surface area contributed by atoms with E-state index in [-0.39, 0.29) is 9.88 Å². The van der Waals surface area contributed by atoms with Crippen LogP contribution in [0.5, 0.6) is 0 Å². The molecular formula is C16H11N3O3S2. The number of fused-ring (bicyclic) bond motifs is 1. The molecule has 6 nitrogen and oxygen atoms in total. The lowest BCUT2D eigenvalue weighted by Gasteiger charge is -2.02. The Morgan fingerprint density at radius 1 is 1.38 bits per heavy atom. The Bertz CT molecular complexity index is 1070. The van der Waals surface area contributed by atoms with Crippen LogP contribution >= 0.6 is 22.7 Å². The fourth-order valence-corrected chi connectivity index (χ4v) is 4.12. The first-order valence-electron chi connectivity index (χ1n) is 6.87. The lowest BCUT2D eigenvalue weighted by Crippen LogP contribution is -2.16. The maximum atomic E-state index is 12.3. The largest absolute Gasteiger partial charge is 0.324 e. The number of aromatic nitrogens is 1. The van der Waals surface area contributed by atoms with Crippen LogP contribution in [0.2, 0.25) is 0 Å². The van der Waals surface area contributed by atoms with Gasteiger partial charge in [0.15, 0.2) is 4.80 Å². The molecule has 0 aliphatic heterocycles. The van der Waals surface area contributed by atoms with Gasteiger partial charge in [-0.05, 0) is 24.6 Å². The van der Waals surface area contributed by atoms with E-state index in [1.165, 1.54) is 23.5 Å². The predicted octanol–water partition coefficient (Wildman–Crippen LogP) is 3.36. The van der Waals surface area contributed by atoms with Gasteiger partial charge >= 0.3 is 5.00 Å². The fraction of sp³-hybridized carbons (Fsp3) is 0.125. The Balaban J connectivity index is 2.13. The van der Waals surface area contributed by atoms with Crippen molar-refractivity contribution in [3.05, 3.63) is 55.7 Å². The fourth-order valence-electron chi connectivity index (χ4n) is 2.31. The van der Waals surface area contributed by atoms with Crippen molar-refractivity contribution in [3.63, 3.8) is 0 Å². The Morgan fingerprint density at radius 2 is 2.17 bits per heavy atom. The van der Waals surface area contributed by atoms with Gasteiger partial charge in [-0.1, -0.05) is 40.7 Å². The van der Waals surface area contributed by atoms with Gasteiger partial charge in [0.2, 0.25) is 0 Å². The summed E-state index contributed by atoms with van der Waals surface area (Å²) in [5.74, 6) is 2.06. The van der Waals surface area contributed by atoms with Gasteiger partial charge in [-0.25, -0.2) is 0 Å². The van der Waals surface area contributed by atoms with Crippen LogP contribution in [0.25, 0.3) is 10.2 Å². The molecule has 8 heteroatoms. The zero-order chi connectivity index (χ0) is 17.3. The summed E-state index contributed by atoms with van der Waals surface area (Å²) in [5, 5.41) is 10.7. The molecule has 0 unspecified atom stereocenters. The molecule has 3 aromatic rings. The monoisotopic (exact) mass is 357 g/mol. The molecule has 2 aromatic heterocycles. The molecule has 1 aromatic carbocycles. The summed E-state index contributed by atoms with van der Waals surface area (Å²) >= 11 is 2.18. The highest BCUT2D eigenvalue weighted by Crippen LogP contribution is 2.25. The average Bonchev–Trinajstić information content (AvgIpc) is 3.14. The lowest BCUT2D eigenvalue weighted by molar-refractivity contribution is -0.380. The van der Waals surface area contributed by atoms with Crippen molar-refractivity contribution >= 4 is 43.8 Å². The second kappa shape index (κ2) is 6.39. The van der Waals surface area contributed by atoms with Gasteiger partial charge in [0.05, 0.1) is 21.7 Å². The zero-order valence-electron chi connectivity index (χ0n) is 12.6. The van der Waals surface area contributed by atoms with E-state index in [9.17, 15) is 14.9 Å². The number of hydrogen-bond acceptors (Lipinski definition) is 5. The first kappa shape index (κ1) is 16.1. The Hall–Kier alpha value is -2.76. The van der Waals surface area contributed by atoms with E-state index in [0.29, 0.717) is 11.3 Å². The van der Waals surface area contributed by atoms with Gasteiger partial charge in [0.25, 0.3) is 5.91 Å². The topological polar surface area (TPSA) is 77.5 Å². The molecule has 0 aliphatic carbocycles. The molecule has 24 heavy (non-hydrogen) atoms. The van der Waals surface area contributed by atoms with Crippen LogP contribution < -0.4 is 4.80 Å². The van der Waals surface area contributed by atoms with Gasteiger partial charge in [0, 0.05) is 6.07 Å².